The number of esters is 1. The van der Waals surface area contributed by atoms with Crippen molar-refractivity contribution in [1.29, 1.82) is 0 Å². The lowest BCUT2D eigenvalue weighted by Crippen LogP contribution is -2.50. The van der Waals surface area contributed by atoms with E-state index < -0.39 is 12.0 Å². The summed E-state index contributed by atoms with van der Waals surface area (Å²) in [5.41, 5.74) is 2.70. The molecule has 0 fully saturated rings. The number of aromatic amines is 1. The van der Waals surface area contributed by atoms with Gasteiger partial charge in [-0.1, -0.05) is 36.9 Å². The van der Waals surface area contributed by atoms with Crippen LogP contribution in [0.25, 0.3) is 22.4 Å². The van der Waals surface area contributed by atoms with Crippen LogP contribution in [0, 0.1) is 0 Å². The molecule has 1 aliphatic heterocycles. The molecule has 2 amide bonds. The minimum absolute atomic E-state index is 0.255. The third-order valence-electron chi connectivity index (χ3n) is 4.71. The van der Waals surface area contributed by atoms with Crippen molar-refractivity contribution in [1.82, 2.24) is 25.8 Å². The van der Waals surface area contributed by atoms with Crippen molar-refractivity contribution in [3.63, 3.8) is 0 Å². The second-order valence-corrected chi connectivity index (χ2v) is 7.51. The number of para-hydroxylation sites is 1. The first-order valence-electron chi connectivity index (χ1n) is 9.61. The van der Waals surface area contributed by atoms with E-state index >= 15 is 0 Å². The summed E-state index contributed by atoms with van der Waals surface area (Å²) in [6.45, 7) is 3.89. The summed E-state index contributed by atoms with van der Waals surface area (Å²) in [4.78, 5) is 27.6. The number of aromatic nitrogens is 3. The summed E-state index contributed by atoms with van der Waals surface area (Å²) in [6, 6.07) is 7.08. The molecular weight excluding hydrogens is 406 g/mol. The highest BCUT2D eigenvalue weighted by atomic mass is 32.2. The number of H-pyrrole nitrogens is 1. The van der Waals surface area contributed by atoms with Gasteiger partial charge in [-0.2, -0.15) is 0 Å². The van der Waals surface area contributed by atoms with Gasteiger partial charge in [-0.05, 0) is 19.4 Å². The largest absolute Gasteiger partial charge is 0.463 e. The molecule has 0 radical (unpaired) electrons. The second-order valence-electron chi connectivity index (χ2n) is 6.58. The van der Waals surface area contributed by atoms with E-state index in [4.69, 9.17) is 9.15 Å². The minimum atomic E-state index is -0.447. The van der Waals surface area contributed by atoms with Crippen LogP contribution in [-0.4, -0.2) is 45.6 Å². The zero-order valence-corrected chi connectivity index (χ0v) is 17.3. The van der Waals surface area contributed by atoms with Crippen LogP contribution >= 0.6 is 11.8 Å². The normalized spacial score (nSPS) is 16.5. The first kappa shape index (κ1) is 20.0. The fraction of sp³-hybridized carbons (Fsp3) is 0.300. The number of hydrogen-bond acceptors (Lipinski definition) is 7. The van der Waals surface area contributed by atoms with Gasteiger partial charge in [-0.3, -0.25) is 0 Å². The smallest absolute Gasteiger partial charge is 0.337 e. The number of benzene rings is 1. The number of fused-ring (bicyclic) bond motifs is 1. The highest BCUT2D eigenvalue weighted by Crippen LogP contribution is 2.30. The lowest BCUT2D eigenvalue weighted by molar-refractivity contribution is -0.139. The molecule has 0 spiro atoms. The molecule has 9 nitrogen and oxygen atoms in total. The molecule has 0 bridgehead atoms. The Bertz CT molecular complexity index is 1120. The third kappa shape index (κ3) is 3.90. The molecule has 0 aliphatic carbocycles. The van der Waals surface area contributed by atoms with Crippen LogP contribution in [-0.2, 0) is 9.53 Å². The van der Waals surface area contributed by atoms with E-state index in [1.807, 2.05) is 37.4 Å². The molecule has 3 heterocycles. The Hall–Kier alpha value is -3.27. The average Bonchev–Trinajstić information content (AvgIpc) is 3.38. The zero-order valence-electron chi connectivity index (χ0n) is 16.5. The van der Waals surface area contributed by atoms with Gasteiger partial charge in [0.1, 0.15) is 0 Å². The Morgan fingerprint density at radius 2 is 2.10 bits per heavy atom. The van der Waals surface area contributed by atoms with Crippen molar-refractivity contribution in [2.45, 2.75) is 31.5 Å². The van der Waals surface area contributed by atoms with Gasteiger partial charge in [0, 0.05) is 28.5 Å². The third-order valence-corrected chi connectivity index (χ3v) is 5.56. The predicted molar refractivity (Wildman–Crippen MR) is 112 cm³/mol. The number of urea groups is 1. The van der Waals surface area contributed by atoms with Crippen LogP contribution in [0.4, 0.5) is 4.79 Å². The number of amides is 2. The van der Waals surface area contributed by atoms with Crippen LogP contribution in [0.1, 0.15) is 20.3 Å². The molecule has 0 saturated heterocycles. The van der Waals surface area contributed by atoms with Crippen molar-refractivity contribution in [2.75, 3.05) is 12.4 Å². The fourth-order valence-corrected chi connectivity index (χ4v) is 4.07. The zero-order chi connectivity index (χ0) is 21.1. The Kier molecular flexibility index (Phi) is 5.75. The van der Waals surface area contributed by atoms with Crippen molar-refractivity contribution in [3.05, 3.63) is 41.7 Å². The number of hydrogen-bond donors (Lipinski definition) is 3. The molecule has 156 valence electrons. The summed E-state index contributed by atoms with van der Waals surface area (Å²) in [5.74, 6) is 0.237. The van der Waals surface area contributed by atoms with E-state index in [0.717, 1.165) is 16.5 Å². The van der Waals surface area contributed by atoms with Crippen LogP contribution in [0.2, 0.25) is 0 Å². The molecule has 10 heteroatoms. The van der Waals surface area contributed by atoms with Gasteiger partial charge in [0.15, 0.2) is 0 Å². The van der Waals surface area contributed by atoms with Crippen molar-refractivity contribution >= 4 is 34.7 Å². The Balaban J connectivity index is 1.56. The van der Waals surface area contributed by atoms with Crippen molar-refractivity contribution in [2.24, 2.45) is 0 Å². The van der Waals surface area contributed by atoms with Crippen LogP contribution in [0.15, 0.2) is 51.4 Å². The lowest BCUT2D eigenvalue weighted by atomic mass is 10.0. The predicted octanol–water partition coefficient (Wildman–Crippen LogP) is 3.22. The molecule has 0 saturated carbocycles. The monoisotopic (exact) mass is 427 g/mol. The maximum Gasteiger partial charge on any atom is 0.337 e. The molecule has 2 aromatic heterocycles. The number of nitrogens with zero attached hydrogens (tertiary/aromatic N) is 2. The quantitative estimate of drug-likeness (QED) is 0.391. The average molecular weight is 427 g/mol. The van der Waals surface area contributed by atoms with E-state index in [2.05, 4.69) is 25.8 Å². The van der Waals surface area contributed by atoms with E-state index in [1.165, 1.54) is 11.8 Å². The number of nitrogens with one attached hydrogen (secondary N) is 3. The summed E-state index contributed by atoms with van der Waals surface area (Å²) >= 11 is 1.25. The molecule has 1 atom stereocenters. The highest BCUT2D eigenvalue weighted by molar-refractivity contribution is 7.99. The maximum atomic E-state index is 12.4. The lowest BCUT2D eigenvalue weighted by Gasteiger charge is -2.28. The van der Waals surface area contributed by atoms with Crippen LogP contribution < -0.4 is 10.6 Å². The molecule has 1 aliphatic rings. The minimum Gasteiger partial charge on any atom is -0.463 e. The van der Waals surface area contributed by atoms with E-state index in [-0.39, 0.29) is 18.4 Å². The summed E-state index contributed by atoms with van der Waals surface area (Å²) in [6.07, 6.45) is 2.40. The number of carbonyl (C=O) groups is 2. The molecule has 3 aromatic rings. The molecular formula is C20H21N5O4S. The van der Waals surface area contributed by atoms with Crippen molar-refractivity contribution < 1.29 is 18.7 Å². The van der Waals surface area contributed by atoms with Crippen molar-refractivity contribution in [3.8, 4) is 11.5 Å². The van der Waals surface area contributed by atoms with Gasteiger partial charge >= 0.3 is 12.0 Å². The van der Waals surface area contributed by atoms with Gasteiger partial charge in [0.25, 0.3) is 11.1 Å². The number of carbonyl (C=O) groups excluding carboxylic acids is 2. The van der Waals surface area contributed by atoms with Gasteiger partial charge < -0.3 is 24.8 Å². The summed E-state index contributed by atoms with van der Waals surface area (Å²) in [5, 5.41) is 15.0. The second kappa shape index (κ2) is 8.62. The van der Waals surface area contributed by atoms with Gasteiger partial charge in [0.2, 0.25) is 0 Å². The topological polar surface area (TPSA) is 122 Å². The number of ether oxygens (including phenoxy) is 1. The number of rotatable bonds is 7. The first-order valence-corrected chi connectivity index (χ1v) is 10.6. The Morgan fingerprint density at radius 3 is 2.90 bits per heavy atom. The molecule has 0 unspecified atom stereocenters. The Morgan fingerprint density at radius 1 is 1.27 bits per heavy atom. The Labute approximate surface area is 176 Å². The van der Waals surface area contributed by atoms with Crippen LogP contribution in [0.5, 0.6) is 0 Å². The summed E-state index contributed by atoms with van der Waals surface area (Å²) < 4.78 is 11.0. The van der Waals surface area contributed by atoms with Crippen LogP contribution in [0.3, 0.4) is 0 Å². The van der Waals surface area contributed by atoms with Gasteiger partial charge in [-0.15, -0.1) is 10.2 Å². The first-order chi connectivity index (χ1) is 14.6. The molecule has 4 rings (SSSR count). The SMILES string of the molecule is CCOC(=O)C1=C(CSc2nnc(-c3c[nH]c4ccccc34)o2)NC(=O)N[C@H]1CC. The fourth-order valence-electron chi connectivity index (χ4n) is 3.33. The number of thioether (sulfide) groups is 1. The highest BCUT2D eigenvalue weighted by Gasteiger charge is 2.31. The van der Waals surface area contributed by atoms with E-state index in [0.29, 0.717) is 28.8 Å². The molecule has 1 aromatic carbocycles. The van der Waals surface area contributed by atoms with E-state index in [1.54, 1.807) is 6.92 Å². The van der Waals surface area contributed by atoms with E-state index in [9.17, 15) is 9.59 Å². The maximum absolute atomic E-state index is 12.4. The van der Waals surface area contributed by atoms with Gasteiger partial charge in [0.05, 0.1) is 23.8 Å². The van der Waals surface area contributed by atoms with Gasteiger partial charge in [-0.25, -0.2) is 9.59 Å². The molecule has 30 heavy (non-hydrogen) atoms. The standard InChI is InChI=1S/C20H21N5O4S/c1-3-13-16(18(26)28-4-2)15(23-19(27)22-13)10-30-20-25-24-17(29-20)12-9-21-14-8-6-5-7-11(12)14/h5-9,13,21H,3-4,10H2,1-2H3,(H2,22,23,27)/t13-/m0/s1. The summed E-state index contributed by atoms with van der Waals surface area (Å²) in [7, 11) is 0. The molecule has 3 N–H and O–H groups in total.